The lowest BCUT2D eigenvalue weighted by molar-refractivity contribution is -0.939. The maximum atomic E-state index is 13.1. The first kappa shape index (κ1) is 16.1. The van der Waals surface area contributed by atoms with Crippen molar-refractivity contribution in [1.82, 2.24) is 9.97 Å². The van der Waals surface area contributed by atoms with Crippen LogP contribution in [0.5, 0.6) is 0 Å². The molecule has 26 heavy (non-hydrogen) atoms. The predicted octanol–water partition coefficient (Wildman–Crippen LogP) is 2.36. The summed E-state index contributed by atoms with van der Waals surface area (Å²) in [7, 11) is 0. The van der Waals surface area contributed by atoms with Crippen LogP contribution in [0, 0.1) is 5.82 Å². The highest BCUT2D eigenvalue weighted by molar-refractivity contribution is 7.18. The molecule has 1 saturated carbocycles. The van der Waals surface area contributed by atoms with Gasteiger partial charge in [-0.15, -0.1) is 11.3 Å². The molecule has 1 fully saturated rings. The molecular weight excluding hydrogens is 349 g/mol. The van der Waals surface area contributed by atoms with Gasteiger partial charge in [-0.1, -0.05) is 12.1 Å². The Kier molecular flexibility index (Phi) is 3.90. The van der Waals surface area contributed by atoms with Crippen molar-refractivity contribution < 1.29 is 9.29 Å². The minimum atomic E-state index is -0.205. The minimum absolute atomic E-state index is 0.0151. The SMILES string of the molecule is O=c1[nH]c(C[NH+](Cc2ccc(F)cc2)C2CC2)nc2sc3c(c12)CCC3. The maximum absolute atomic E-state index is 13.1. The van der Waals surface area contributed by atoms with Gasteiger partial charge in [-0.05, 0) is 37.0 Å². The van der Waals surface area contributed by atoms with Crippen molar-refractivity contribution in [3.05, 3.63) is 62.3 Å². The molecule has 4 nitrogen and oxygen atoms in total. The Balaban J connectivity index is 1.43. The van der Waals surface area contributed by atoms with Crippen LogP contribution in [0.4, 0.5) is 4.39 Å². The number of hydrogen-bond donors (Lipinski definition) is 2. The third kappa shape index (κ3) is 2.97. The van der Waals surface area contributed by atoms with E-state index in [2.05, 4.69) is 4.98 Å². The highest BCUT2D eigenvalue weighted by atomic mass is 32.1. The summed E-state index contributed by atoms with van der Waals surface area (Å²) in [5.74, 6) is 0.565. The van der Waals surface area contributed by atoms with Crippen molar-refractivity contribution in [1.29, 1.82) is 0 Å². The molecule has 1 aromatic carbocycles. The summed E-state index contributed by atoms with van der Waals surface area (Å²) in [6, 6.07) is 7.33. The van der Waals surface area contributed by atoms with Gasteiger partial charge in [0.25, 0.3) is 5.56 Å². The van der Waals surface area contributed by atoms with Gasteiger partial charge in [0.2, 0.25) is 0 Å². The highest BCUT2D eigenvalue weighted by Gasteiger charge is 2.34. The van der Waals surface area contributed by atoms with Crippen molar-refractivity contribution in [2.24, 2.45) is 0 Å². The van der Waals surface area contributed by atoms with Gasteiger partial charge in [0.1, 0.15) is 23.7 Å². The lowest BCUT2D eigenvalue weighted by atomic mass is 10.2. The number of hydrogen-bond acceptors (Lipinski definition) is 3. The zero-order valence-electron chi connectivity index (χ0n) is 14.5. The number of nitrogens with one attached hydrogen (secondary N) is 2. The largest absolute Gasteiger partial charge is 0.322 e. The number of quaternary nitrogens is 1. The number of nitrogens with zero attached hydrogens (tertiary/aromatic N) is 1. The first-order chi connectivity index (χ1) is 12.7. The predicted molar refractivity (Wildman–Crippen MR) is 100 cm³/mol. The van der Waals surface area contributed by atoms with E-state index in [0.717, 1.165) is 47.4 Å². The Bertz CT molecular complexity index is 1020. The number of thiophene rings is 1. The maximum Gasteiger partial charge on any atom is 0.260 e. The molecule has 0 radical (unpaired) electrons. The Labute approximate surface area is 154 Å². The second-order valence-corrected chi connectivity index (χ2v) is 8.55. The summed E-state index contributed by atoms with van der Waals surface area (Å²) in [4.78, 5) is 24.1. The van der Waals surface area contributed by atoms with E-state index in [0.29, 0.717) is 12.6 Å². The molecule has 2 N–H and O–H groups in total. The van der Waals surface area contributed by atoms with Crippen LogP contribution < -0.4 is 10.5 Å². The molecule has 0 amide bonds. The van der Waals surface area contributed by atoms with Crippen molar-refractivity contribution in [3.8, 4) is 0 Å². The summed E-state index contributed by atoms with van der Waals surface area (Å²) in [5, 5.41) is 0.817. The van der Waals surface area contributed by atoms with Crippen LogP contribution in [0.25, 0.3) is 10.2 Å². The zero-order chi connectivity index (χ0) is 17.7. The molecule has 1 atom stereocenters. The molecule has 2 aliphatic rings. The molecule has 3 aromatic rings. The average Bonchev–Trinajstić information content (AvgIpc) is 3.26. The van der Waals surface area contributed by atoms with E-state index >= 15 is 0 Å². The van der Waals surface area contributed by atoms with Gasteiger partial charge in [-0.3, -0.25) is 4.79 Å². The Morgan fingerprint density at radius 2 is 2.00 bits per heavy atom. The smallest absolute Gasteiger partial charge is 0.260 e. The van der Waals surface area contributed by atoms with E-state index in [1.54, 1.807) is 11.3 Å². The van der Waals surface area contributed by atoms with Gasteiger partial charge in [0.15, 0.2) is 5.82 Å². The molecule has 0 saturated heterocycles. The van der Waals surface area contributed by atoms with Gasteiger partial charge >= 0.3 is 0 Å². The van der Waals surface area contributed by atoms with Crippen LogP contribution in [0.1, 0.15) is 41.1 Å². The Morgan fingerprint density at radius 1 is 1.19 bits per heavy atom. The van der Waals surface area contributed by atoms with E-state index in [1.165, 1.54) is 40.3 Å². The minimum Gasteiger partial charge on any atom is -0.322 e. The van der Waals surface area contributed by atoms with Crippen LogP contribution in [0.3, 0.4) is 0 Å². The molecule has 0 aliphatic heterocycles. The van der Waals surface area contributed by atoms with Gasteiger partial charge < -0.3 is 9.88 Å². The first-order valence-corrected chi connectivity index (χ1v) is 10.1. The molecule has 6 heteroatoms. The van der Waals surface area contributed by atoms with Crippen molar-refractivity contribution in [2.75, 3.05) is 0 Å². The number of fused-ring (bicyclic) bond motifs is 3. The fraction of sp³-hybridized carbons (Fsp3) is 0.400. The third-order valence-corrected chi connectivity index (χ3v) is 6.70. The fourth-order valence-electron chi connectivity index (χ4n) is 4.05. The van der Waals surface area contributed by atoms with Gasteiger partial charge in [-0.25, -0.2) is 9.37 Å². The molecule has 2 aliphatic carbocycles. The van der Waals surface area contributed by atoms with Crippen LogP contribution in [0.2, 0.25) is 0 Å². The van der Waals surface area contributed by atoms with Gasteiger partial charge in [-0.2, -0.15) is 0 Å². The quantitative estimate of drug-likeness (QED) is 0.724. The third-order valence-electron chi connectivity index (χ3n) is 5.52. The van der Waals surface area contributed by atoms with Crippen LogP contribution in [-0.2, 0) is 25.9 Å². The number of H-pyrrole nitrogens is 1. The normalized spacial score (nSPS) is 17.6. The number of aromatic nitrogens is 2. The van der Waals surface area contributed by atoms with Gasteiger partial charge in [0, 0.05) is 23.3 Å². The topological polar surface area (TPSA) is 50.2 Å². The number of rotatable bonds is 5. The van der Waals surface area contributed by atoms with Crippen molar-refractivity contribution >= 4 is 21.6 Å². The van der Waals surface area contributed by atoms with Crippen molar-refractivity contribution in [3.63, 3.8) is 0 Å². The second-order valence-electron chi connectivity index (χ2n) is 7.46. The first-order valence-electron chi connectivity index (χ1n) is 9.30. The summed E-state index contributed by atoms with van der Waals surface area (Å²) >= 11 is 1.69. The number of aryl methyl sites for hydroxylation is 2. The molecule has 0 bridgehead atoms. The van der Waals surface area contributed by atoms with E-state index in [9.17, 15) is 9.18 Å². The van der Waals surface area contributed by atoms with E-state index in [4.69, 9.17) is 4.98 Å². The summed E-state index contributed by atoms with van der Waals surface area (Å²) in [5.41, 5.74) is 2.36. The highest BCUT2D eigenvalue weighted by Crippen LogP contribution is 2.34. The molecule has 134 valence electrons. The number of halogens is 1. The molecule has 5 rings (SSSR count). The standard InChI is InChI=1S/C20H20FN3OS/c21-13-6-4-12(5-7-13)10-24(14-8-9-14)11-17-22-19(25)18-15-2-1-3-16(15)26-20(18)23-17/h4-7,14H,1-3,8-11H2,(H,22,23,25)/p+1. The summed E-state index contributed by atoms with van der Waals surface area (Å²) < 4.78 is 13.1. The second kappa shape index (κ2) is 6.28. The Morgan fingerprint density at radius 3 is 2.77 bits per heavy atom. The van der Waals surface area contributed by atoms with Crippen LogP contribution >= 0.6 is 11.3 Å². The van der Waals surface area contributed by atoms with E-state index < -0.39 is 0 Å². The van der Waals surface area contributed by atoms with Crippen LogP contribution in [0.15, 0.2) is 29.1 Å². The van der Waals surface area contributed by atoms with E-state index in [1.807, 2.05) is 12.1 Å². The van der Waals surface area contributed by atoms with Gasteiger partial charge in [0.05, 0.1) is 11.4 Å². The molecule has 2 heterocycles. The summed E-state index contributed by atoms with van der Waals surface area (Å²) in [6.07, 6.45) is 5.64. The number of benzene rings is 1. The van der Waals surface area contributed by atoms with E-state index in [-0.39, 0.29) is 11.4 Å². The fourth-order valence-corrected chi connectivity index (χ4v) is 5.33. The Hall–Kier alpha value is -2.05. The lowest BCUT2D eigenvalue weighted by Crippen LogP contribution is -3.10. The molecule has 2 aromatic heterocycles. The van der Waals surface area contributed by atoms with Crippen LogP contribution in [-0.4, -0.2) is 16.0 Å². The monoisotopic (exact) mass is 370 g/mol. The molecular formula is C20H21FN3OS+. The summed E-state index contributed by atoms with van der Waals surface area (Å²) in [6.45, 7) is 1.53. The average molecular weight is 370 g/mol. The lowest BCUT2D eigenvalue weighted by Gasteiger charge is -2.18. The molecule has 0 spiro atoms. The number of aromatic amines is 1. The van der Waals surface area contributed by atoms with Crippen molar-refractivity contribution in [2.45, 2.75) is 51.2 Å². The zero-order valence-corrected chi connectivity index (χ0v) is 15.3. The molecule has 1 unspecified atom stereocenters.